The van der Waals surface area contributed by atoms with E-state index in [4.69, 9.17) is 11.6 Å². The van der Waals surface area contributed by atoms with Crippen molar-refractivity contribution in [3.8, 4) is 5.75 Å². The third-order valence-corrected chi connectivity index (χ3v) is 2.73. The third kappa shape index (κ3) is 2.09. The topological polar surface area (TPSA) is 53.1 Å². The van der Waals surface area contributed by atoms with Gasteiger partial charge in [0.05, 0.1) is 5.56 Å². The van der Waals surface area contributed by atoms with Crippen LogP contribution in [-0.4, -0.2) is 10.1 Å². The number of nitrogens with one attached hydrogen (secondary N) is 1. The lowest BCUT2D eigenvalue weighted by atomic mass is 10.1. The molecular weight excluding hydrogens is 226 g/mol. The molecular formula is C12H10ClNO2. The van der Waals surface area contributed by atoms with Crippen molar-refractivity contribution in [3.63, 3.8) is 0 Å². The predicted molar refractivity (Wildman–Crippen MR) is 63.0 cm³/mol. The second-order valence-electron chi connectivity index (χ2n) is 3.44. The Morgan fingerprint density at radius 3 is 2.69 bits per heavy atom. The maximum Gasteiger partial charge on any atom is 0.255 e. The van der Waals surface area contributed by atoms with Crippen LogP contribution in [0.3, 0.4) is 0 Å². The van der Waals surface area contributed by atoms with Crippen LogP contribution < -0.4 is 5.56 Å². The molecule has 2 rings (SSSR count). The van der Waals surface area contributed by atoms with Crippen LogP contribution in [0.1, 0.15) is 11.1 Å². The van der Waals surface area contributed by atoms with E-state index >= 15 is 0 Å². The van der Waals surface area contributed by atoms with Crippen LogP contribution in [0, 0.1) is 0 Å². The predicted octanol–water partition coefficient (Wildman–Crippen LogP) is 2.32. The molecule has 2 N–H and O–H groups in total. The van der Waals surface area contributed by atoms with Crippen LogP contribution in [0.15, 0.2) is 41.3 Å². The average Bonchev–Trinajstić information content (AvgIpc) is 2.26. The van der Waals surface area contributed by atoms with Gasteiger partial charge in [0.15, 0.2) is 0 Å². The van der Waals surface area contributed by atoms with Crippen molar-refractivity contribution in [1.82, 2.24) is 4.98 Å². The summed E-state index contributed by atoms with van der Waals surface area (Å²) in [6, 6.07) is 8.70. The number of hydrogen-bond acceptors (Lipinski definition) is 2. The van der Waals surface area contributed by atoms with Crippen molar-refractivity contribution in [1.29, 1.82) is 0 Å². The zero-order valence-corrected chi connectivity index (χ0v) is 9.16. The van der Waals surface area contributed by atoms with E-state index in [2.05, 4.69) is 4.98 Å². The minimum absolute atomic E-state index is 0.0105. The zero-order chi connectivity index (χ0) is 11.5. The number of halogens is 1. The zero-order valence-electron chi connectivity index (χ0n) is 8.40. The van der Waals surface area contributed by atoms with Gasteiger partial charge in [-0.05, 0) is 17.7 Å². The second-order valence-corrected chi connectivity index (χ2v) is 3.85. The van der Waals surface area contributed by atoms with Crippen molar-refractivity contribution in [2.45, 2.75) is 6.42 Å². The van der Waals surface area contributed by atoms with E-state index < -0.39 is 0 Å². The van der Waals surface area contributed by atoms with Gasteiger partial charge in [-0.15, -0.1) is 0 Å². The quantitative estimate of drug-likeness (QED) is 0.840. The fourth-order valence-corrected chi connectivity index (χ4v) is 1.71. The molecule has 16 heavy (non-hydrogen) atoms. The summed E-state index contributed by atoms with van der Waals surface area (Å²) in [5, 5.41) is 10.2. The molecule has 0 amide bonds. The van der Waals surface area contributed by atoms with Crippen molar-refractivity contribution >= 4 is 11.6 Å². The van der Waals surface area contributed by atoms with Gasteiger partial charge in [-0.25, -0.2) is 0 Å². The fourth-order valence-electron chi connectivity index (χ4n) is 1.50. The number of H-pyrrole nitrogens is 1. The van der Waals surface area contributed by atoms with E-state index in [0.717, 1.165) is 5.56 Å². The van der Waals surface area contributed by atoms with Crippen molar-refractivity contribution < 1.29 is 5.11 Å². The Morgan fingerprint density at radius 2 is 2.00 bits per heavy atom. The molecule has 1 aromatic carbocycles. The highest BCUT2D eigenvalue weighted by molar-refractivity contribution is 6.31. The van der Waals surface area contributed by atoms with Gasteiger partial charge < -0.3 is 10.1 Å². The van der Waals surface area contributed by atoms with Gasteiger partial charge in [0.1, 0.15) is 5.75 Å². The number of hydrogen-bond donors (Lipinski definition) is 2. The number of pyridine rings is 1. The molecule has 0 radical (unpaired) electrons. The molecule has 0 saturated carbocycles. The highest BCUT2D eigenvalue weighted by Gasteiger charge is 2.08. The van der Waals surface area contributed by atoms with E-state index in [1.54, 1.807) is 6.07 Å². The molecule has 1 heterocycles. The van der Waals surface area contributed by atoms with Crippen molar-refractivity contribution in [3.05, 3.63) is 63.0 Å². The minimum Gasteiger partial charge on any atom is -0.507 e. The molecule has 0 fully saturated rings. The van der Waals surface area contributed by atoms with E-state index in [-0.39, 0.29) is 11.3 Å². The van der Waals surface area contributed by atoms with E-state index in [1.807, 2.05) is 18.2 Å². The molecule has 0 aliphatic heterocycles. The first kappa shape index (κ1) is 10.8. The van der Waals surface area contributed by atoms with Gasteiger partial charge in [0.25, 0.3) is 5.56 Å². The SMILES string of the molecule is O=c1[nH]ccc(O)c1Cc1ccccc1Cl. The summed E-state index contributed by atoms with van der Waals surface area (Å²) in [6.07, 6.45) is 1.73. The summed E-state index contributed by atoms with van der Waals surface area (Å²) in [6.45, 7) is 0. The Morgan fingerprint density at radius 1 is 1.25 bits per heavy atom. The first-order valence-corrected chi connectivity index (χ1v) is 5.19. The van der Waals surface area contributed by atoms with Crippen molar-refractivity contribution in [2.24, 2.45) is 0 Å². The smallest absolute Gasteiger partial charge is 0.255 e. The lowest BCUT2D eigenvalue weighted by Crippen LogP contribution is -2.12. The molecule has 0 unspecified atom stereocenters. The summed E-state index contributed by atoms with van der Waals surface area (Å²) in [7, 11) is 0. The Hall–Kier alpha value is -1.74. The van der Waals surface area contributed by atoms with Gasteiger partial charge in [0, 0.05) is 17.6 Å². The number of benzene rings is 1. The maximum atomic E-state index is 11.5. The lowest BCUT2D eigenvalue weighted by molar-refractivity contribution is 0.467. The molecule has 0 aliphatic rings. The molecule has 0 aliphatic carbocycles. The molecule has 0 saturated heterocycles. The summed E-state index contributed by atoms with van der Waals surface area (Å²) < 4.78 is 0. The summed E-state index contributed by atoms with van der Waals surface area (Å²) in [4.78, 5) is 14.0. The summed E-state index contributed by atoms with van der Waals surface area (Å²) >= 11 is 5.98. The summed E-state index contributed by atoms with van der Waals surface area (Å²) in [5.41, 5.74) is 0.853. The summed E-state index contributed by atoms with van der Waals surface area (Å²) in [5.74, 6) is -0.0105. The van der Waals surface area contributed by atoms with Gasteiger partial charge in [-0.2, -0.15) is 0 Å². The molecule has 1 aromatic heterocycles. The van der Waals surface area contributed by atoms with Gasteiger partial charge >= 0.3 is 0 Å². The lowest BCUT2D eigenvalue weighted by Gasteiger charge is -2.04. The van der Waals surface area contributed by atoms with Crippen LogP contribution >= 0.6 is 11.6 Å². The molecule has 0 atom stereocenters. The minimum atomic E-state index is -0.292. The Bertz CT molecular complexity index is 563. The first-order valence-electron chi connectivity index (χ1n) is 4.81. The third-order valence-electron chi connectivity index (χ3n) is 2.36. The molecule has 0 bridgehead atoms. The number of aromatic hydroxyl groups is 1. The molecule has 3 nitrogen and oxygen atoms in total. The van der Waals surface area contributed by atoms with Crippen molar-refractivity contribution in [2.75, 3.05) is 0 Å². The van der Waals surface area contributed by atoms with Crippen LogP contribution in [0.25, 0.3) is 0 Å². The van der Waals surface area contributed by atoms with E-state index in [9.17, 15) is 9.90 Å². The number of rotatable bonds is 2. The molecule has 4 heteroatoms. The molecule has 0 spiro atoms. The standard InChI is InChI=1S/C12H10ClNO2/c13-10-4-2-1-3-8(10)7-9-11(15)5-6-14-12(9)16/h1-6H,7H2,(H2,14,15,16). The largest absolute Gasteiger partial charge is 0.507 e. The van der Waals surface area contributed by atoms with Crippen LogP contribution in [0.2, 0.25) is 5.02 Å². The Labute approximate surface area is 97.3 Å². The van der Waals surface area contributed by atoms with Gasteiger partial charge in [0.2, 0.25) is 0 Å². The molecule has 2 aromatic rings. The van der Waals surface area contributed by atoms with Crippen LogP contribution in [0.5, 0.6) is 5.75 Å². The fraction of sp³-hybridized carbons (Fsp3) is 0.0833. The van der Waals surface area contributed by atoms with Crippen LogP contribution in [0.4, 0.5) is 0 Å². The monoisotopic (exact) mass is 235 g/mol. The van der Waals surface area contributed by atoms with E-state index in [1.165, 1.54) is 12.3 Å². The highest BCUT2D eigenvalue weighted by atomic mass is 35.5. The number of aromatic nitrogens is 1. The highest BCUT2D eigenvalue weighted by Crippen LogP contribution is 2.21. The first-order chi connectivity index (χ1) is 7.68. The van der Waals surface area contributed by atoms with E-state index in [0.29, 0.717) is 17.0 Å². The second kappa shape index (κ2) is 4.41. The maximum absolute atomic E-state index is 11.5. The normalized spacial score (nSPS) is 10.3. The average molecular weight is 236 g/mol. The Balaban J connectivity index is 2.42. The Kier molecular flexibility index (Phi) is 2.97. The van der Waals surface area contributed by atoms with Crippen LogP contribution in [-0.2, 0) is 6.42 Å². The van der Waals surface area contributed by atoms with Gasteiger partial charge in [-0.1, -0.05) is 29.8 Å². The van der Waals surface area contributed by atoms with Gasteiger partial charge in [-0.3, -0.25) is 4.79 Å². The molecule has 82 valence electrons. The number of aromatic amines is 1.